The van der Waals surface area contributed by atoms with Gasteiger partial charge in [-0.2, -0.15) is 0 Å². The minimum absolute atomic E-state index is 0.464. The molecule has 0 fully saturated rings. The van der Waals surface area contributed by atoms with Gasteiger partial charge in [0.2, 0.25) is 0 Å². The van der Waals surface area contributed by atoms with Gasteiger partial charge in [0.25, 0.3) is 0 Å². The van der Waals surface area contributed by atoms with Gasteiger partial charge in [0.15, 0.2) is 0 Å². The minimum Gasteiger partial charge on any atom is -0.383 e. The van der Waals surface area contributed by atoms with Crippen LogP contribution >= 0.6 is 27.3 Å². The van der Waals surface area contributed by atoms with E-state index in [-0.39, 0.29) is 0 Å². The zero-order chi connectivity index (χ0) is 11.8. The Morgan fingerprint density at radius 3 is 3.00 bits per heavy atom. The van der Waals surface area contributed by atoms with Crippen LogP contribution in [0.5, 0.6) is 0 Å². The fourth-order valence-corrected chi connectivity index (χ4v) is 2.73. The number of rotatable bonds is 8. The lowest BCUT2D eigenvalue weighted by Crippen LogP contribution is -2.36. The Morgan fingerprint density at radius 1 is 1.56 bits per heavy atom. The van der Waals surface area contributed by atoms with Crippen LogP contribution in [0, 0.1) is 0 Å². The monoisotopic (exact) mass is 306 g/mol. The highest BCUT2D eigenvalue weighted by Crippen LogP contribution is 2.22. The summed E-state index contributed by atoms with van der Waals surface area (Å²) in [6.07, 6.45) is 0. The van der Waals surface area contributed by atoms with Crippen LogP contribution in [0.4, 0.5) is 0 Å². The number of hydrogen-bond donors (Lipinski definition) is 2. The summed E-state index contributed by atoms with van der Waals surface area (Å²) >= 11 is 5.30. The first-order chi connectivity index (χ1) is 7.74. The van der Waals surface area contributed by atoms with Crippen molar-refractivity contribution in [2.75, 3.05) is 26.8 Å². The highest BCUT2D eigenvalue weighted by molar-refractivity contribution is 9.10. The maximum atomic E-state index is 4.97. The maximum Gasteiger partial charge on any atom is 0.0587 e. The lowest BCUT2D eigenvalue weighted by Gasteiger charge is -2.14. The third-order valence-electron chi connectivity index (χ3n) is 2.24. The summed E-state index contributed by atoms with van der Waals surface area (Å²) in [6.45, 7) is 5.74. The van der Waals surface area contributed by atoms with E-state index in [1.807, 2.05) is 0 Å². The fourth-order valence-electron chi connectivity index (χ4n) is 1.28. The molecule has 3 nitrogen and oxygen atoms in total. The average Bonchev–Trinajstić information content (AvgIpc) is 2.67. The molecular formula is C11H19BrN2OS. The molecule has 1 rings (SSSR count). The molecule has 0 radical (unpaired) electrons. The summed E-state index contributed by atoms with van der Waals surface area (Å²) < 4.78 is 6.17. The molecule has 0 amide bonds. The van der Waals surface area contributed by atoms with E-state index in [4.69, 9.17) is 4.74 Å². The summed E-state index contributed by atoms with van der Waals surface area (Å²) in [5.41, 5.74) is 0. The van der Waals surface area contributed by atoms with Crippen LogP contribution in [0.15, 0.2) is 15.9 Å². The molecule has 0 saturated heterocycles. The van der Waals surface area contributed by atoms with Gasteiger partial charge in [0.05, 0.1) is 6.61 Å². The molecule has 2 N–H and O–H groups in total. The predicted octanol–water partition coefficient (Wildman–Crippen LogP) is 2.22. The molecule has 5 heteroatoms. The molecule has 0 aliphatic heterocycles. The number of hydrogen-bond acceptors (Lipinski definition) is 4. The van der Waals surface area contributed by atoms with Gasteiger partial charge < -0.3 is 15.4 Å². The van der Waals surface area contributed by atoms with E-state index in [1.165, 1.54) is 9.35 Å². The van der Waals surface area contributed by atoms with Crippen LogP contribution in [0.3, 0.4) is 0 Å². The van der Waals surface area contributed by atoms with Gasteiger partial charge in [-0.1, -0.05) is 0 Å². The number of methoxy groups -OCH3 is 1. The van der Waals surface area contributed by atoms with Gasteiger partial charge in [0.1, 0.15) is 0 Å². The molecule has 1 heterocycles. The van der Waals surface area contributed by atoms with E-state index < -0.39 is 0 Å². The van der Waals surface area contributed by atoms with E-state index in [1.54, 1.807) is 18.4 Å². The van der Waals surface area contributed by atoms with Crippen molar-refractivity contribution < 1.29 is 4.74 Å². The zero-order valence-corrected chi connectivity index (χ0v) is 12.2. The molecule has 0 aromatic carbocycles. The second-order valence-electron chi connectivity index (χ2n) is 3.67. The van der Waals surface area contributed by atoms with Gasteiger partial charge >= 0.3 is 0 Å². The number of ether oxygens (including phenoxy) is 1. The second-order valence-corrected chi connectivity index (χ2v) is 5.53. The van der Waals surface area contributed by atoms with Gasteiger partial charge in [-0.15, -0.1) is 11.3 Å². The summed E-state index contributed by atoms with van der Waals surface area (Å²) in [6, 6.07) is 2.55. The number of thiophene rings is 1. The van der Waals surface area contributed by atoms with Gasteiger partial charge in [0, 0.05) is 42.1 Å². The highest BCUT2D eigenvalue weighted by atomic mass is 79.9. The standard InChI is InChI=1S/C11H19BrN2OS/c1-9(7-13-4-5-15-2)14-8-11-10(12)3-6-16-11/h3,6,9,13-14H,4-5,7-8H2,1-2H3. The number of nitrogens with one attached hydrogen (secondary N) is 2. The zero-order valence-electron chi connectivity index (χ0n) is 9.75. The molecule has 0 bridgehead atoms. The van der Waals surface area contributed by atoms with Crippen molar-refractivity contribution in [1.29, 1.82) is 0 Å². The summed E-state index contributed by atoms with van der Waals surface area (Å²) in [5, 5.41) is 8.91. The maximum absolute atomic E-state index is 4.97. The lowest BCUT2D eigenvalue weighted by atomic mass is 10.3. The molecule has 92 valence electrons. The third-order valence-corrected chi connectivity index (χ3v) is 4.16. The van der Waals surface area contributed by atoms with Gasteiger partial charge in [-0.05, 0) is 34.3 Å². The molecule has 1 aromatic heterocycles. The van der Waals surface area contributed by atoms with Crippen LogP contribution in [0.1, 0.15) is 11.8 Å². The Balaban J connectivity index is 2.10. The van der Waals surface area contributed by atoms with Crippen molar-refractivity contribution >= 4 is 27.3 Å². The molecular weight excluding hydrogens is 288 g/mol. The van der Waals surface area contributed by atoms with Crippen molar-refractivity contribution in [2.24, 2.45) is 0 Å². The first-order valence-electron chi connectivity index (χ1n) is 5.39. The predicted molar refractivity (Wildman–Crippen MR) is 73.1 cm³/mol. The van der Waals surface area contributed by atoms with Gasteiger partial charge in [-0.3, -0.25) is 0 Å². The summed E-state index contributed by atoms with van der Waals surface area (Å²) in [7, 11) is 1.72. The highest BCUT2D eigenvalue weighted by Gasteiger charge is 2.04. The van der Waals surface area contributed by atoms with Crippen LogP contribution in [-0.2, 0) is 11.3 Å². The minimum atomic E-state index is 0.464. The largest absolute Gasteiger partial charge is 0.383 e. The van der Waals surface area contributed by atoms with Crippen molar-refractivity contribution in [3.63, 3.8) is 0 Å². The Bertz CT molecular complexity index is 293. The van der Waals surface area contributed by atoms with Gasteiger partial charge in [-0.25, -0.2) is 0 Å². The van der Waals surface area contributed by atoms with E-state index in [2.05, 4.69) is 44.9 Å². The smallest absolute Gasteiger partial charge is 0.0587 e. The third kappa shape index (κ3) is 5.41. The summed E-state index contributed by atoms with van der Waals surface area (Å²) in [4.78, 5) is 1.35. The molecule has 1 aromatic rings. The second kappa shape index (κ2) is 8.20. The molecule has 1 unspecified atom stereocenters. The van der Waals surface area contributed by atoms with Crippen molar-refractivity contribution in [2.45, 2.75) is 19.5 Å². The fraction of sp³-hybridized carbons (Fsp3) is 0.636. The molecule has 1 atom stereocenters. The Morgan fingerprint density at radius 2 is 2.38 bits per heavy atom. The van der Waals surface area contributed by atoms with Crippen molar-refractivity contribution in [3.05, 3.63) is 20.8 Å². The molecule has 0 aliphatic carbocycles. The normalized spacial score (nSPS) is 12.9. The van der Waals surface area contributed by atoms with E-state index in [9.17, 15) is 0 Å². The molecule has 0 spiro atoms. The molecule has 0 aliphatic rings. The van der Waals surface area contributed by atoms with Crippen molar-refractivity contribution in [1.82, 2.24) is 10.6 Å². The Kier molecular flexibility index (Phi) is 7.23. The van der Waals surface area contributed by atoms with Crippen LogP contribution < -0.4 is 10.6 Å². The topological polar surface area (TPSA) is 33.3 Å². The lowest BCUT2D eigenvalue weighted by molar-refractivity contribution is 0.198. The molecule has 16 heavy (non-hydrogen) atoms. The van der Waals surface area contributed by atoms with E-state index in [0.29, 0.717) is 6.04 Å². The SMILES string of the molecule is COCCNCC(C)NCc1sccc1Br. The number of halogens is 1. The summed E-state index contributed by atoms with van der Waals surface area (Å²) in [5.74, 6) is 0. The van der Waals surface area contributed by atoms with Crippen LogP contribution in [0.2, 0.25) is 0 Å². The van der Waals surface area contributed by atoms with Crippen LogP contribution in [0.25, 0.3) is 0 Å². The first-order valence-corrected chi connectivity index (χ1v) is 7.06. The van der Waals surface area contributed by atoms with E-state index >= 15 is 0 Å². The van der Waals surface area contributed by atoms with Crippen molar-refractivity contribution in [3.8, 4) is 0 Å². The van der Waals surface area contributed by atoms with Crippen LogP contribution in [-0.4, -0.2) is 32.8 Å². The average molecular weight is 307 g/mol. The first kappa shape index (κ1) is 14.1. The molecule has 0 saturated carbocycles. The van der Waals surface area contributed by atoms with E-state index in [0.717, 1.165) is 26.2 Å². The Hall–Kier alpha value is 0.0600. The quantitative estimate of drug-likeness (QED) is 0.723. The Labute approximate surface area is 110 Å².